The third-order valence-corrected chi connectivity index (χ3v) is 6.57. The van der Waals surface area contributed by atoms with Crippen molar-refractivity contribution >= 4 is 33.3 Å². The Morgan fingerprint density at radius 3 is 2.41 bits per heavy atom. The summed E-state index contributed by atoms with van der Waals surface area (Å²) in [4.78, 5) is 34.5. The van der Waals surface area contributed by atoms with Crippen molar-refractivity contribution in [1.82, 2.24) is 4.31 Å². The summed E-state index contributed by atoms with van der Waals surface area (Å²) in [6.45, 7) is 4.66. The van der Waals surface area contributed by atoms with Crippen molar-refractivity contribution in [2.75, 3.05) is 12.4 Å². The SMILES string of the molecule is CC(OC(=O)c1cccc(S(=O)(=O)N(C)C(C)C)c1)C(=O)Nc1ccc(F)c([N+](=O)[O-])c1. The lowest BCUT2D eigenvalue weighted by molar-refractivity contribution is -0.387. The fraction of sp³-hybridized carbons (Fsp3) is 0.300. The molecule has 0 aliphatic carbocycles. The number of benzene rings is 2. The van der Waals surface area contributed by atoms with Gasteiger partial charge in [0, 0.05) is 24.8 Å². The highest BCUT2D eigenvalue weighted by Crippen LogP contribution is 2.22. The predicted molar refractivity (Wildman–Crippen MR) is 113 cm³/mol. The number of nitrogens with zero attached hydrogens (tertiary/aromatic N) is 2. The summed E-state index contributed by atoms with van der Waals surface area (Å²) in [5, 5.41) is 13.1. The molecule has 2 rings (SSSR count). The molecule has 0 spiro atoms. The van der Waals surface area contributed by atoms with E-state index in [9.17, 15) is 32.5 Å². The molecule has 0 aliphatic rings. The van der Waals surface area contributed by atoms with Crippen LogP contribution in [0, 0.1) is 15.9 Å². The zero-order chi connectivity index (χ0) is 24.2. The first-order chi connectivity index (χ1) is 14.8. The van der Waals surface area contributed by atoms with Gasteiger partial charge in [0.25, 0.3) is 5.91 Å². The standard InChI is InChI=1S/C20H22FN3O7S/c1-12(2)23(4)32(29,30)16-7-5-6-14(10-16)20(26)31-13(3)19(25)22-15-8-9-17(21)18(11-15)24(27)28/h5-13H,1-4H3,(H,22,25). The summed E-state index contributed by atoms with van der Waals surface area (Å²) >= 11 is 0. The summed E-state index contributed by atoms with van der Waals surface area (Å²) in [6, 6.07) is 7.67. The largest absolute Gasteiger partial charge is 0.449 e. The highest BCUT2D eigenvalue weighted by molar-refractivity contribution is 7.89. The molecule has 32 heavy (non-hydrogen) atoms. The van der Waals surface area contributed by atoms with Gasteiger partial charge in [-0.3, -0.25) is 14.9 Å². The molecule has 0 saturated heterocycles. The van der Waals surface area contributed by atoms with E-state index in [-0.39, 0.29) is 22.2 Å². The van der Waals surface area contributed by atoms with Gasteiger partial charge < -0.3 is 10.1 Å². The van der Waals surface area contributed by atoms with Crippen molar-refractivity contribution in [2.24, 2.45) is 0 Å². The van der Waals surface area contributed by atoms with E-state index in [2.05, 4.69) is 5.32 Å². The Bertz CT molecular complexity index is 1150. The lowest BCUT2D eigenvalue weighted by atomic mass is 10.2. The Hall–Kier alpha value is -3.38. The van der Waals surface area contributed by atoms with E-state index in [0.717, 1.165) is 28.6 Å². The van der Waals surface area contributed by atoms with E-state index in [1.165, 1.54) is 32.2 Å². The third-order valence-electron chi connectivity index (χ3n) is 4.54. The minimum absolute atomic E-state index is 0.0594. The topological polar surface area (TPSA) is 136 Å². The van der Waals surface area contributed by atoms with Crippen LogP contribution in [-0.2, 0) is 19.6 Å². The summed E-state index contributed by atoms with van der Waals surface area (Å²) in [7, 11) is -2.42. The van der Waals surface area contributed by atoms with Crippen LogP contribution in [0.1, 0.15) is 31.1 Å². The molecule has 1 amide bonds. The van der Waals surface area contributed by atoms with Gasteiger partial charge in [-0.15, -0.1) is 0 Å². The van der Waals surface area contributed by atoms with Gasteiger partial charge in [0.2, 0.25) is 15.8 Å². The average Bonchev–Trinajstić information content (AvgIpc) is 2.74. The second kappa shape index (κ2) is 9.83. The van der Waals surface area contributed by atoms with Crippen molar-refractivity contribution in [3.8, 4) is 0 Å². The summed E-state index contributed by atoms with van der Waals surface area (Å²) in [5.74, 6) is -2.82. The molecule has 172 valence electrons. The number of amides is 1. The number of esters is 1. The monoisotopic (exact) mass is 467 g/mol. The molecule has 0 radical (unpaired) electrons. The van der Waals surface area contributed by atoms with Gasteiger partial charge in [-0.05, 0) is 51.1 Å². The van der Waals surface area contributed by atoms with Crippen molar-refractivity contribution in [3.05, 3.63) is 64.0 Å². The molecule has 0 aromatic heterocycles. The highest BCUT2D eigenvalue weighted by atomic mass is 32.2. The van der Waals surface area contributed by atoms with Gasteiger partial charge in [0.1, 0.15) is 0 Å². The molecular formula is C20H22FN3O7S. The minimum Gasteiger partial charge on any atom is -0.449 e. The van der Waals surface area contributed by atoms with Gasteiger partial charge >= 0.3 is 11.7 Å². The first-order valence-corrected chi connectivity index (χ1v) is 10.8. The molecule has 0 heterocycles. The normalized spacial score (nSPS) is 12.5. The van der Waals surface area contributed by atoms with Crippen LogP contribution in [0.2, 0.25) is 0 Å². The molecule has 0 aliphatic heterocycles. The van der Waals surface area contributed by atoms with Gasteiger partial charge in [-0.1, -0.05) is 6.07 Å². The maximum absolute atomic E-state index is 13.4. The third kappa shape index (κ3) is 5.65. The number of carbonyl (C=O) groups excluding carboxylic acids is 2. The van der Waals surface area contributed by atoms with Crippen LogP contribution in [0.4, 0.5) is 15.8 Å². The molecule has 1 N–H and O–H groups in total. The fourth-order valence-electron chi connectivity index (χ4n) is 2.48. The van der Waals surface area contributed by atoms with Crippen LogP contribution in [0.5, 0.6) is 0 Å². The number of halogens is 1. The number of rotatable bonds is 8. The van der Waals surface area contributed by atoms with Crippen molar-refractivity contribution < 1.29 is 32.1 Å². The van der Waals surface area contributed by atoms with E-state index >= 15 is 0 Å². The molecule has 0 saturated carbocycles. The number of carbonyl (C=O) groups is 2. The Labute approximate surface area is 184 Å². The molecule has 2 aromatic rings. The molecule has 1 unspecified atom stereocenters. The fourth-order valence-corrected chi connectivity index (χ4v) is 3.90. The Morgan fingerprint density at radius 1 is 1.16 bits per heavy atom. The molecule has 1 atom stereocenters. The Balaban J connectivity index is 2.13. The van der Waals surface area contributed by atoms with Crippen LogP contribution < -0.4 is 5.32 Å². The maximum Gasteiger partial charge on any atom is 0.338 e. The Morgan fingerprint density at radius 2 is 1.81 bits per heavy atom. The smallest absolute Gasteiger partial charge is 0.338 e. The molecular weight excluding hydrogens is 445 g/mol. The number of hydrogen-bond acceptors (Lipinski definition) is 7. The van der Waals surface area contributed by atoms with E-state index in [4.69, 9.17) is 4.74 Å². The average molecular weight is 467 g/mol. The second-order valence-electron chi connectivity index (χ2n) is 7.10. The van der Waals surface area contributed by atoms with Crippen LogP contribution in [-0.4, -0.2) is 48.7 Å². The summed E-state index contributed by atoms with van der Waals surface area (Å²) in [5.41, 5.74) is -0.965. The molecule has 12 heteroatoms. The van der Waals surface area contributed by atoms with E-state index < -0.39 is 44.4 Å². The lowest BCUT2D eigenvalue weighted by Crippen LogP contribution is -2.33. The van der Waals surface area contributed by atoms with Crippen molar-refractivity contribution in [1.29, 1.82) is 0 Å². The summed E-state index contributed by atoms with van der Waals surface area (Å²) in [6.07, 6.45) is -1.33. The van der Waals surface area contributed by atoms with Gasteiger partial charge in [0.05, 0.1) is 15.4 Å². The van der Waals surface area contributed by atoms with Crippen LogP contribution in [0.15, 0.2) is 47.4 Å². The maximum atomic E-state index is 13.4. The number of sulfonamides is 1. The number of nitrogens with one attached hydrogen (secondary N) is 1. The molecule has 0 bridgehead atoms. The zero-order valence-corrected chi connectivity index (χ0v) is 18.6. The first kappa shape index (κ1) is 24.9. The second-order valence-corrected chi connectivity index (χ2v) is 9.10. The van der Waals surface area contributed by atoms with Gasteiger partial charge in [0.15, 0.2) is 6.10 Å². The number of nitro benzene ring substituents is 1. The molecule has 10 nitrogen and oxygen atoms in total. The van der Waals surface area contributed by atoms with Gasteiger partial charge in [-0.25, -0.2) is 13.2 Å². The number of nitro groups is 1. The van der Waals surface area contributed by atoms with Crippen LogP contribution in [0.25, 0.3) is 0 Å². The van der Waals surface area contributed by atoms with Crippen LogP contribution >= 0.6 is 0 Å². The first-order valence-electron chi connectivity index (χ1n) is 9.38. The predicted octanol–water partition coefficient (Wildman–Crippen LogP) is 2.95. The van der Waals surface area contributed by atoms with E-state index in [0.29, 0.717) is 0 Å². The summed E-state index contributed by atoms with van der Waals surface area (Å²) < 4.78 is 44.9. The van der Waals surface area contributed by atoms with E-state index in [1.54, 1.807) is 13.8 Å². The van der Waals surface area contributed by atoms with Crippen molar-refractivity contribution in [3.63, 3.8) is 0 Å². The van der Waals surface area contributed by atoms with Gasteiger partial charge in [-0.2, -0.15) is 8.70 Å². The highest BCUT2D eigenvalue weighted by Gasteiger charge is 2.25. The lowest BCUT2D eigenvalue weighted by Gasteiger charge is -2.21. The number of ether oxygens (including phenoxy) is 1. The number of anilines is 1. The molecule has 0 fully saturated rings. The quantitative estimate of drug-likeness (QED) is 0.358. The zero-order valence-electron chi connectivity index (χ0n) is 17.7. The number of hydrogen-bond donors (Lipinski definition) is 1. The Kier molecular flexibility index (Phi) is 7.65. The minimum atomic E-state index is -3.83. The molecule has 2 aromatic carbocycles. The van der Waals surface area contributed by atoms with E-state index in [1.807, 2.05) is 0 Å². The van der Waals surface area contributed by atoms with Crippen molar-refractivity contribution in [2.45, 2.75) is 37.8 Å². The van der Waals surface area contributed by atoms with Crippen LogP contribution in [0.3, 0.4) is 0 Å².